The highest BCUT2D eigenvalue weighted by molar-refractivity contribution is 5.55. The Morgan fingerprint density at radius 1 is 1.45 bits per heavy atom. The lowest BCUT2D eigenvalue weighted by Crippen LogP contribution is -2.18. The van der Waals surface area contributed by atoms with Crippen LogP contribution in [0.5, 0.6) is 0 Å². The van der Waals surface area contributed by atoms with Crippen LogP contribution in [0.15, 0.2) is 12.1 Å². The summed E-state index contributed by atoms with van der Waals surface area (Å²) in [5, 5.41) is 3.32. The molecule has 4 heteroatoms. The summed E-state index contributed by atoms with van der Waals surface area (Å²) in [7, 11) is 0. The van der Waals surface area contributed by atoms with E-state index in [0.717, 1.165) is 37.4 Å². The quantitative estimate of drug-likeness (QED) is 0.886. The van der Waals surface area contributed by atoms with E-state index >= 15 is 0 Å². The van der Waals surface area contributed by atoms with Gasteiger partial charge in [-0.05, 0) is 38.0 Å². The second-order valence-electron chi connectivity index (χ2n) is 5.11. The summed E-state index contributed by atoms with van der Waals surface area (Å²) in [6.07, 6.45) is 1.06. The van der Waals surface area contributed by atoms with Crippen molar-refractivity contribution in [1.82, 2.24) is 0 Å². The monoisotopic (exact) mass is 282 g/mol. The van der Waals surface area contributed by atoms with Crippen molar-refractivity contribution in [2.75, 3.05) is 25.1 Å². The maximum atomic E-state index is 13.9. The smallest absolute Gasteiger partial charge is 0.130 e. The highest BCUT2D eigenvalue weighted by Gasteiger charge is 2.18. The molecule has 20 heavy (non-hydrogen) atoms. The van der Waals surface area contributed by atoms with E-state index in [0.29, 0.717) is 11.5 Å². The van der Waals surface area contributed by atoms with Gasteiger partial charge in [0.05, 0.1) is 6.61 Å². The number of nitrogens with one attached hydrogen (secondary N) is 1. The lowest BCUT2D eigenvalue weighted by molar-refractivity contribution is 0.187. The van der Waals surface area contributed by atoms with E-state index in [9.17, 15) is 4.39 Å². The molecule has 1 aliphatic rings. The molecule has 2 rings (SSSR count). The summed E-state index contributed by atoms with van der Waals surface area (Å²) < 4.78 is 19.2. The van der Waals surface area contributed by atoms with E-state index in [2.05, 4.69) is 5.32 Å². The molecule has 0 amide bonds. The van der Waals surface area contributed by atoms with Gasteiger partial charge in [0.15, 0.2) is 0 Å². The van der Waals surface area contributed by atoms with Gasteiger partial charge >= 0.3 is 0 Å². The molecule has 0 saturated carbocycles. The average Bonchev–Trinajstić information content (AvgIpc) is 2.90. The molecule has 0 bridgehead atoms. The molecule has 0 aliphatic carbocycles. The number of halogens is 1. The van der Waals surface area contributed by atoms with Crippen LogP contribution in [0.1, 0.15) is 44.4 Å². The van der Waals surface area contributed by atoms with Crippen LogP contribution in [-0.2, 0) is 4.74 Å². The number of rotatable bonds is 4. The zero-order chi connectivity index (χ0) is 15.1. The van der Waals surface area contributed by atoms with Gasteiger partial charge in [0.2, 0.25) is 0 Å². The van der Waals surface area contributed by atoms with Gasteiger partial charge in [-0.1, -0.05) is 13.8 Å². The minimum atomic E-state index is -0.312. The van der Waals surface area contributed by atoms with Gasteiger partial charge in [-0.3, -0.25) is 0 Å². The summed E-state index contributed by atoms with van der Waals surface area (Å²) in [6.45, 7) is 10.1. The van der Waals surface area contributed by atoms with Crippen LogP contribution in [0.25, 0.3) is 0 Å². The standard InChI is InChI=1S/C14H21FN2O.C2H6/c1-9-5-12(15)14(10(2)16)13(6-9)17-7-11-3-4-18-8-11;1-2/h5-6,10-11,17H,3-4,7-8,16H2,1-2H3;1-2H3. The highest BCUT2D eigenvalue weighted by Crippen LogP contribution is 2.27. The predicted molar refractivity (Wildman–Crippen MR) is 82.5 cm³/mol. The average molecular weight is 282 g/mol. The number of anilines is 1. The largest absolute Gasteiger partial charge is 0.384 e. The SMILES string of the molecule is CC.Cc1cc(F)c(C(C)N)c(NCC2CCOC2)c1. The molecule has 3 nitrogen and oxygen atoms in total. The van der Waals surface area contributed by atoms with Crippen LogP contribution >= 0.6 is 0 Å². The second kappa shape index (κ2) is 8.22. The third-order valence-corrected chi connectivity index (χ3v) is 3.33. The molecule has 1 aromatic carbocycles. The van der Waals surface area contributed by atoms with E-state index < -0.39 is 0 Å². The van der Waals surface area contributed by atoms with E-state index in [4.69, 9.17) is 10.5 Å². The Morgan fingerprint density at radius 2 is 2.15 bits per heavy atom. The van der Waals surface area contributed by atoms with E-state index in [1.165, 1.54) is 6.07 Å². The first-order valence-corrected chi connectivity index (χ1v) is 7.45. The van der Waals surface area contributed by atoms with Gasteiger partial charge in [0.25, 0.3) is 0 Å². The van der Waals surface area contributed by atoms with Crippen molar-refractivity contribution in [3.05, 3.63) is 29.1 Å². The van der Waals surface area contributed by atoms with Crippen molar-refractivity contribution in [3.8, 4) is 0 Å². The molecule has 1 saturated heterocycles. The van der Waals surface area contributed by atoms with Crippen molar-refractivity contribution in [1.29, 1.82) is 0 Å². The lowest BCUT2D eigenvalue weighted by Gasteiger charge is -2.18. The van der Waals surface area contributed by atoms with Gasteiger partial charge < -0.3 is 15.8 Å². The van der Waals surface area contributed by atoms with Gasteiger partial charge in [0, 0.05) is 36.4 Å². The third-order valence-electron chi connectivity index (χ3n) is 3.33. The molecular weight excluding hydrogens is 255 g/mol. The summed E-state index contributed by atoms with van der Waals surface area (Å²) in [5.41, 5.74) is 8.13. The zero-order valence-corrected chi connectivity index (χ0v) is 13.0. The Balaban J connectivity index is 0.000000956. The number of benzene rings is 1. The minimum absolute atomic E-state index is 0.227. The predicted octanol–water partition coefficient (Wildman–Crippen LogP) is 3.63. The molecule has 1 fully saturated rings. The van der Waals surface area contributed by atoms with E-state index in [1.54, 1.807) is 6.92 Å². The van der Waals surface area contributed by atoms with Gasteiger partial charge in [-0.25, -0.2) is 4.39 Å². The summed E-state index contributed by atoms with van der Waals surface area (Å²) in [4.78, 5) is 0. The van der Waals surface area contributed by atoms with Crippen LogP contribution in [0, 0.1) is 18.7 Å². The van der Waals surface area contributed by atoms with E-state index in [-0.39, 0.29) is 11.9 Å². The fourth-order valence-corrected chi connectivity index (χ4v) is 2.36. The number of ether oxygens (including phenoxy) is 1. The molecule has 1 aromatic rings. The molecule has 2 atom stereocenters. The molecule has 3 N–H and O–H groups in total. The lowest BCUT2D eigenvalue weighted by atomic mass is 10.0. The normalized spacial score (nSPS) is 19.2. The molecule has 2 unspecified atom stereocenters. The second-order valence-corrected chi connectivity index (χ2v) is 5.11. The number of nitrogens with two attached hydrogens (primary N) is 1. The molecule has 1 aliphatic heterocycles. The summed E-state index contributed by atoms with van der Waals surface area (Å²) in [6, 6.07) is 3.17. The Bertz CT molecular complexity index is 415. The Kier molecular flexibility index (Phi) is 6.96. The van der Waals surface area contributed by atoms with Crippen LogP contribution < -0.4 is 11.1 Å². The summed E-state index contributed by atoms with van der Waals surface area (Å²) in [5.74, 6) is 0.282. The molecule has 0 aromatic heterocycles. The number of hydrogen-bond donors (Lipinski definition) is 2. The number of hydrogen-bond acceptors (Lipinski definition) is 3. The summed E-state index contributed by atoms with van der Waals surface area (Å²) >= 11 is 0. The molecule has 114 valence electrons. The van der Waals surface area contributed by atoms with Crippen molar-refractivity contribution in [3.63, 3.8) is 0 Å². The Hall–Kier alpha value is -1.13. The Morgan fingerprint density at radius 3 is 2.70 bits per heavy atom. The van der Waals surface area contributed by atoms with Crippen LogP contribution in [0.2, 0.25) is 0 Å². The van der Waals surface area contributed by atoms with Crippen LogP contribution in [-0.4, -0.2) is 19.8 Å². The van der Waals surface area contributed by atoms with E-state index in [1.807, 2.05) is 26.8 Å². The first-order valence-electron chi connectivity index (χ1n) is 7.45. The van der Waals surface area contributed by atoms with Crippen LogP contribution in [0.3, 0.4) is 0 Å². The van der Waals surface area contributed by atoms with Crippen molar-refractivity contribution in [2.24, 2.45) is 11.7 Å². The fraction of sp³-hybridized carbons (Fsp3) is 0.625. The van der Waals surface area contributed by atoms with Gasteiger partial charge in [0.1, 0.15) is 5.82 Å². The topological polar surface area (TPSA) is 47.3 Å². The van der Waals surface area contributed by atoms with Crippen molar-refractivity contribution >= 4 is 5.69 Å². The van der Waals surface area contributed by atoms with Crippen molar-refractivity contribution < 1.29 is 9.13 Å². The molecule has 1 heterocycles. The highest BCUT2D eigenvalue weighted by atomic mass is 19.1. The van der Waals surface area contributed by atoms with Crippen molar-refractivity contribution in [2.45, 2.75) is 40.2 Å². The minimum Gasteiger partial charge on any atom is -0.384 e. The maximum Gasteiger partial charge on any atom is 0.130 e. The van der Waals surface area contributed by atoms with Gasteiger partial charge in [-0.2, -0.15) is 0 Å². The molecule has 0 radical (unpaired) electrons. The first-order chi connectivity index (χ1) is 9.58. The Labute approximate surface area is 121 Å². The fourth-order valence-electron chi connectivity index (χ4n) is 2.36. The zero-order valence-electron chi connectivity index (χ0n) is 13.0. The van der Waals surface area contributed by atoms with Crippen LogP contribution in [0.4, 0.5) is 10.1 Å². The van der Waals surface area contributed by atoms with Gasteiger partial charge in [-0.15, -0.1) is 0 Å². The third kappa shape index (κ3) is 4.46. The first kappa shape index (κ1) is 16.9. The number of aryl methyl sites for hydroxylation is 1. The molecule has 0 spiro atoms. The maximum absolute atomic E-state index is 13.9. The molecular formula is C16H27FN2O.